The van der Waals surface area contributed by atoms with Gasteiger partial charge in [-0.3, -0.25) is 4.79 Å². The highest BCUT2D eigenvalue weighted by molar-refractivity contribution is 6.01. The molecule has 0 aromatic heterocycles. The van der Waals surface area contributed by atoms with E-state index in [2.05, 4.69) is 0 Å². The van der Waals surface area contributed by atoms with Gasteiger partial charge in [-0.05, 0) is 12.1 Å². The average Bonchev–Trinajstić information content (AvgIpc) is 2.50. The molecule has 0 N–H and O–H groups in total. The van der Waals surface area contributed by atoms with Crippen molar-refractivity contribution in [3.05, 3.63) is 23.3 Å². The fraction of sp³-hybridized carbons (Fsp3) is 0.333. The highest BCUT2D eigenvalue weighted by atomic mass is 16.5. The van der Waals surface area contributed by atoms with Crippen LogP contribution in [-0.4, -0.2) is 46.2 Å². The van der Waals surface area contributed by atoms with Crippen molar-refractivity contribution < 1.29 is 19.0 Å². The van der Waals surface area contributed by atoms with Gasteiger partial charge in [0, 0.05) is 25.7 Å². The lowest BCUT2D eigenvalue weighted by atomic mass is 10.1. The predicted octanol–water partition coefficient (Wildman–Crippen LogP) is 1.71. The molecule has 0 fully saturated rings. The second-order valence-corrected chi connectivity index (χ2v) is 4.32. The molecule has 0 spiro atoms. The topological polar surface area (TPSA) is 71.8 Å². The molecule has 0 aliphatic heterocycles. The van der Waals surface area contributed by atoms with Crippen molar-refractivity contribution in [2.75, 3.05) is 35.4 Å². The van der Waals surface area contributed by atoms with Crippen molar-refractivity contribution in [1.82, 2.24) is 4.90 Å². The maximum atomic E-state index is 11.9. The van der Waals surface area contributed by atoms with Crippen LogP contribution in [0, 0.1) is 11.3 Å². The van der Waals surface area contributed by atoms with E-state index >= 15 is 0 Å². The van der Waals surface area contributed by atoms with Gasteiger partial charge >= 0.3 is 0 Å². The maximum absolute atomic E-state index is 11.9. The predicted molar refractivity (Wildman–Crippen MR) is 78.4 cm³/mol. The molecular weight excluding hydrogens is 272 g/mol. The third-order valence-corrected chi connectivity index (χ3v) is 2.79. The number of ether oxygens (including phenoxy) is 3. The summed E-state index contributed by atoms with van der Waals surface area (Å²) in [6.07, 6.45) is 1.46. The van der Waals surface area contributed by atoms with Crippen molar-refractivity contribution >= 4 is 12.0 Å². The minimum absolute atomic E-state index is 0.00511. The van der Waals surface area contributed by atoms with Crippen LogP contribution in [0.15, 0.2) is 17.7 Å². The van der Waals surface area contributed by atoms with Gasteiger partial charge in [0.2, 0.25) is 0 Å². The molecule has 1 amide bonds. The molecule has 0 saturated heterocycles. The van der Waals surface area contributed by atoms with Gasteiger partial charge < -0.3 is 19.1 Å². The number of hydrogen-bond donors (Lipinski definition) is 0. The fourth-order valence-corrected chi connectivity index (χ4v) is 1.70. The van der Waals surface area contributed by atoms with Crippen LogP contribution in [0.25, 0.3) is 6.08 Å². The molecule has 0 atom stereocenters. The maximum Gasteiger partial charge on any atom is 0.264 e. The Bertz CT molecular complexity index is 600. The van der Waals surface area contributed by atoms with E-state index < -0.39 is 0 Å². The monoisotopic (exact) mass is 290 g/mol. The quantitative estimate of drug-likeness (QED) is 0.610. The standard InChI is InChI=1S/C15H18N2O4/c1-17(2)15(18)11(9-16)6-10-7-13(20-4)14(21-5)8-12(10)19-3/h6-8H,1-5H3/b11-6+. The van der Waals surface area contributed by atoms with E-state index in [-0.39, 0.29) is 11.5 Å². The lowest BCUT2D eigenvalue weighted by Gasteiger charge is -2.13. The van der Waals surface area contributed by atoms with Crippen LogP contribution < -0.4 is 14.2 Å². The number of benzene rings is 1. The van der Waals surface area contributed by atoms with E-state index in [9.17, 15) is 4.79 Å². The first-order valence-corrected chi connectivity index (χ1v) is 6.11. The summed E-state index contributed by atoms with van der Waals surface area (Å²) in [7, 11) is 7.69. The van der Waals surface area contributed by atoms with E-state index in [4.69, 9.17) is 19.5 Å². The van der Waals surface area contributed by atoms with Crippen LogP contribution in [0.4, 0.5) is 0 Å². The number of carbonyl (C=O) groups excluding carboxylic acids is 1. The zero-order valence-electron chi connectivity index (χ0n) is 12.8. The number of nitriles is 1. The molecule has 21 heavy (non-hydrogen) atoms. The van der Waals surface area contributed by atoms with Gasteiger partial charge in [0.15, 0.2) is 11.5 Å². The molecule has 112 valence electrons. The van der Waals surface area contributed by atoms with E-state index in [1.807, 2.05) is 6.07 Å². The fourth-order valence-electron chi connectivity index (χ4n) is 1.70. The lowest BCUT2D eigenvalue weighted by molar-refractivity contribution is -0.124. The number of amides is 1. The number of rotatable bonds is 5. The molecule has 6 heteroatoms. The number of likely N-dealkylation sites (N-methyl/N-ethyl adjacent to an activating group) is 1. The number of methoxy groups -OCH3 is 3. The Morgan fingerprint density at radius 2 is 1.62 bits per heavy atom. The van der Waals surface area contributed by atoms with Crippen LogP contribution in [0.1, 0.15) is 5.56 Å². The third-order valence-electron chi connectivity index (χ3n) is 2.79. The highest BCUT2D eigenvalue weighted by Gasteiger charge is 2.15. The first kappa shape index (κ1) is 16.4. The van der Waals surface area contributed by atoms with Gasteiger partial charge in [0.05, 0.1) is 21.3 Å². The zero-order chi connectivity index (χ0) is 16.0. The summed E-state index contributed by atoms with van der Waals surface area (Å²) < 4.78 is 15.7. The second-order valence-electron chi connectivity index (χ2n) is 4.32. The summed E-state index contributed by atoms with van der Waals surface area (Å²) in [5.74, 6) is 1.09. The lowest BCUT2D eigenvalue weighted by Crippen LogP contribution is -2.22. The van der Waals surface area contributed by atoms with Gasteiger partial charge in [-0.2, -0.15) is 5.26 Å². The highest BCUT2D eigenvalue weighted by Crippen LogP contribution is 2.35. The van der Waals surface area contributed by atoms with E-state index in [1.165, 1.54) is 32.3 Å². The largest absolute Gasteiger partial charge is 0.496 e. The first-order valence-electron chi connectivity index (χ1n) is 6.11. The molecule has 6 nitrogen and oxygen atoms in total. The Kier molecular flexibility index (Phi) is 5.61. The van der Waals surface area contributed by atoms with E-state index in [0.717, 1.165) is 0 Å². The van der Waals surface area contributed by atoms with Gasteiger partial charge in [-0.1, -0.05) is 0 Å². The summed E-state index contributed by atoms with van der Waals surface area (Å²) >= 11 is 0. The Balaban J connectivity index is 3.41. The summed E-state index contributed by atoms with van der Waals surface area (Å²) in [6, 6.07) is 5.18. The van der Waals surface area contributed by atoms with Crippen molar-refractivity contribution in [3.63, 3.8) is 0 Å². The van der Waals surface area contributed by atoms with Gasteiger partial charge in [-0.15, -0.1) is 0 Å². The van der Waals surface area contributed by atoms with E-state index in [0.29, 0.717) is 22.8 Å². The molecule has 0 radical (unpaired) electrons. The normalized spacial score (nSPS) is 10.6. The average molecular weight is 290 g/mol. The van der Waals surface area contributed by atoms with E-state index in [1.54, 1.807) is 26.2 Å². The summed E-state index contributed by atoms with van der Waals surface area (Å²) in [5.41, 5.74) is 0.562. The number of hydrogen-bond acceptors (Lipinski definition) is 5. The van der Waals surface area contributed by atoms with Crippen molar-refractivity contribution in [2.24, 2.45) is 0 Å². The van der Waals surface area contributed by atoms with Crippen molar-refractivity contribution in [1.29, 1.82) is 5.26 Å². The minimum Gasteiger partial charge on any atom is -0.496 e. The van der Waals surface area contributed by atoms with Crippen LogP contribution in [-0.2, 0) is 4.79 Å². The van der Waals surface area contributed by atoms with Gasteiger partial charge in [0.1, 0.15) is 17.4 Å². The van der Waals surface area contributed by atoms with Crippen LogP contribution >= 0.6 is 0 Å². The first-order chi connectivity index (χ1) is 9.98. The molecule has 1 rings (SSSR count). The Hall–Kier alpha value is -2.68. The molecule has 1 aromatic rings. The SMILES string of the molecule is COc1cc(OC)c(OC)cc1/C=C(\C#N)C(=O)N(C)C. The van der Waals surface area contributed by atoms with Crippen LogP contribution in [0.5, 0.6) is 17.2 Å². The molecule has 0 heterocycles. The van der Waals surface area contributed by atoms with Crippen LogP contribution in [0.2, 0.25) is 0 Å². The smallest absolute Gasteiger partial charge is 0.264 e. The summed E-state index contributed by atoms with van der Waals surface area (Å²) in [4.78, 5) is 13.2. The number of nitrogens with zero attached hydrogens (tertiary/aromatic N) is 2. The Labute approximate surface area is 124 Å². The van der Waals surface area contributed by atoms with Crippen molar-refractivity contribution in [3.8, 4) is 23.3 Å². The van der Waals surface area contributed by atoms with Crippen LogP contribution in [0.3, 0.4) is 0 Å². The van der Waals surface area contributed by atoms with Gasteiger partial charge in [-0.25, -0.2) is 0 Å². The minimum atomic E-state index is -0.380. The Morgan fingerprint density at radius 3 is 2.05 bits per heavy atom. The molecule has 0 aliphatic carbocycles. The summed E-state index contributed by atoms with van der Waals surface area (Å²) in [5, 5.41) is 9.13. The van der Waals surface area contributed by atoms with Gasteiger partial charge in [0.25, 0.3) is 5.91 Å². The molecule has 0 aliphatic rings. The number of carbonyl (C=O) groups is 1. The molecule has 0 bridgehead atoms. The molecule has 0 saturated carbocycles. The Morgan fingerprint density at radius 1 is 1.10 bits per heavy atom. The van der Waals surface area contributed by atoms with Crippen molar-refractivity contribution in [2.45, 2.75) is 0 Å². The zero-order valence-corrected chi connectivity index (χ0v) is 12.8. The summed E-state index contributed by atoms with van der Waals surface area (Å²) in [6.45, 7) is 0. The molecule has 1 aromatic carbocycles. The third kappa shape index (κ3) is 3.66. The second kappa shape index (κ2) is 7.20. The molecule has 0 unspecified atom stereocenters. The molecular formula is C15H18N2O4.